The Morgan fingerprint density at radius 2 is 2.13 bits per heavy atom. The van der Waals surface area contributed by atoms with Gasteiger partial charge < -0.3 is 10.5 Å². The zero-order valence-electron chi connectivity index (χ0n) is 17.2. The van der Waals surface area contributed by atoms with E-state index in [1.165, 1.54) is 4.68 Å². The third kappa shape index (κ3) is 3.50. The van der Waals surface area contributed by atoms with Crippen molar-refractivity contribution in [2.45, 2.75) is 25.7 Å². The van der Waals surface area contributed by atoms with Crippen LogP contribution in [0.3, 0.4) is 0 Å². The number of ether oxygens (including phenoxy) is 1. The Morgan fingerprint density at radius 1 is 1.37 bits per heavy atom. The first-order chi connectivity index (χ1) is 14.2. The number of nitrogens with zero attached hydrogens (tertiary/aromatic N) is 5. The number of hydrogen-bond donors (Lipinski definition) is 1. The molecule has 3 heterocycles. The number of rotatable bonds is 0. The largest absolute Gasteiger partial charge is 0.482 e. The van der Waals surface area contributed by atoms with Gasteiger partial charge >= 0.3 is 0 Å². The first-order valence-electron chi connectivity index (χ1n) is 9.37. The number of aryl methyl sites for hydroxylation is 2. The predicted molar refractivity (Wildman–Crippen MR) is 116 cm³/mol. The lowest BCUT2D eigenvalue weighted by Crippen LogP contribution is -2.12. The highest BCUT2D eigenvalue weighted by molar-refractivity contribution is 7.92. The molecular formula is C21H22N6O2S. The fraction of sp³-hybridized carbons (Fsp3) is 0.286. The minimum atomic E-state index is -2.70. The number of pyridine rings is 1. The highest BCUT2D eigenvalue weighted by Gasteiger charge is 2.24. The summed E-state index contributed by atoms with van der Waals surface area (Å²) in [5.74, 6) is 1.12. The second-order valence-electron chi connectivity index (χ2n) is 7.55. The number of anilines is 1. The fourth-order valence-electron chi connectivity index (χ4n) is 3.64. The van der Waals surface area contributed by atoms with Gasteiger partial charge in [0, 0.05) is 25.1 Å². The second kappa shape index (κ2) is 7.15. The molecule has 8 nitrogen and oxygen atoms in total. The van der Waals surface area contributed by atoms with Crippen molar-refractivity contribution in [1.82, 2.24) is 14.8 Å². The predicted octanol–water partition coefficient (Wildman–Crippen LogP) is 3.63. The maximum Gasteiger partial charge on any atom is 0.192 e. The van der Waals surface area contributed by atoms with Crippen molar-refractivity contribution in [3.8, 4) is 22.9 Å². The molecule has 2 atom stereocenters. The summed E-state index contributed by atoms with van der Waals surface area (Å²) in [5.41, 5.74) is 10.3. The molecule has 30 heavy (non-hydrogen) atoms. The van der Waals surface area contributed by atoms with Gasteiger partial charge in [-0.1, -0.05) is 23.8 Å². The van der Waals surface area contributed by atoms with Crippen LogP contribution in [-0.2, 0) is 22.5 Å². The van der Waals surface area contributed by atoms with Crippen LogP contribution in [0.25, 0.3) is 11.1 Å². The maximum absolute atomic E-state index is 13.5. The van der Waals surface area contributed by atoms with Crippen molar-refractivity contribution in [2.75, 3.05) is 12.0 Å². The number of nitrogens with two attached hydrogens (primary N) is 1. The van der Waals surface area contributed by atoms with Crippen molar-refractivity contribution in [1.29, 1.82) is 5.26 Å². The normalized spacial score (nSPS) is 20.4. The summed E-state index contributed by atoms with van der Waals surface area (Å²) in [4.78, 5) is 4.25. The van der Waals surface area contributed by atoms with Gasteiger partial charge in [0.05, 0.1) is 21.0 Å². The van der Waals surface area contributed by atoms with Crippen molar-refractivity contribution >= 4 is 21.4 Å². The van der Waals surface area contributed by atoms with Crippen LogP contribution in [0.2, 0.25) is 0 Å². The average molecular weight is 423 g/mol. The number of benzene rings is 1. The van der Waals surface area contributed by atoms with Crippen molar-refractivity contribution in [3.05, 3.63) is 52.8 Å². The summed E-state index contributed by atoms with van der Waals surface area (Å²) in [6.45, 7) is 3.91. The van der Waals surface area contributed by atoms with E-state index in [9.17, 15) is 9.47 Å². The molecule has 2 bridgehead atoms. The van der Waals surface area contributed by atoms with Crippen LogP contribution in [0.1, 0.15) is 35.4 Å². The van der Waals surface area contributed by atoms with Crippen molar-refractivity contribution < 1.29 is 8.95 Å². The van der Waals surface area contributed by atoms with Gasteiger partial charge in [0.15, 0.2) is 17.4 Å². The molecule has 9 heteroatoms. The Kier molecular flexibility index (Phi) is 4.74. The van der Waals surface area contributed by atoms with Gasteiger partial charge in [-0.15, -0.1) is 0 Å². The highest BCUT2D eigenvalue weighted by Crippen LogP contribution is 2.38. The first-order valence-corrected chi connectivity index (χ1v) is 11.5. The minimum absolute atomic E-state index is 0.232. The van der Waals surface area contributed by atoms with Gasteiger partial charge in [0.2, 0.25) is 0 Å². The van der Waals surface area contributed by atoms with E-state index in [4.69, 9.17) is 10.5 Å². The van der Waals surface area contributed by atoms with Crippen LogP contribution in [0.5, 0.6) is 5.75 Å². The Balaban J connectivity index is 2.06. The SMILES string of the molecule is Cc1ccc2c(c1)[C@@H](C)Oc1cc(cnc1N)-c1c(nn(C)c1C#N)N=S(C)(=O)C2. The average Bonchev–Trinajstić information content (AvgIpc) is 2.98. The molecule has 0 saturated heterocycles. The van der Waals surface area contributed by atoms with Crippen LogP contribution in [0, 0.1) is 18.3 Å². The molecule has 0 aliphatic carbocycles. The van der Waals surface area contributed by atoms with E-state index in [1.54, 1.807) is 25.6 Å². The van der Waals surface area contributed by atoms with Gasteiger partial charge in [-0.25, -0.2) is 9.19 Å². The smallest absolute Gasteiger partial charge is 0.192 e. The Labute approximate surface area is 175 Å². The molecule has 1 aliphatic rings. The highest BCUT2D eigenvalue weighted by atomic mass is 32.2. The number of hydrogen-bond acceptors (Lipinski definition) is 7. The zero-order valence-corrected chi connectivity index (χ0v) is 18.0. The third-order valence-corrected chi connectivity index (χ3v) is 6.46. The third-order valence-electron chi connectivity index (χ3n) is 5.05. The molecule has 2 aromatic heterocycles. The molecule has 2 N–H and O–H groups in total. The maximum atomic E-state index is 13.5. The first kappa shape index (κ1) is 19.9. The van der Waals surface area contributed by atoms with Gasteiger partial charge in [-0.05, 0) is 31.0 Å². The van der Waals surface area contributed by atoms with Crippen LogP contribution in [-0.4, -0.2) is 25.2 Å². The molecule has 0 spiro atoms. The van der Waals surface area contributed by atoms with E-state index in [1.807, 2.05) is 32.0 Å². The summed E-state index contributed by atoms with van der Waals surface area (Å²) in [7, 11) is -1.05. The number of aromatic nitrogens is 3. The molecule has 0 radical (unpaired) electrons. The summed E-state index contributed by atoms with van der Waals surface area (Å²) in [6.07, 6.45) is 2.80. The number of nitrogen functional groups attached to an aromatic ring is 1. The molecular weight excluding hydrogens is 400 g/mol. The quantitative estimate of drug-likeness (QED) is 0.591. The van der Waals surface area contributed by atoms with E-state index in [2.05, 4.69) is 20.5 Å². The fourth-order valence-corrected chi connectivity index (χ4v) is 5.03. The Bertz CT molecular complexity index is 1330. The Morgan fingerprint density at radius 3 is 2.87 bits per heavy atom. The van der Waals surface area contributed by atoms with Gasteiger partial charge in [-0.3, -0.25) is 4.68 Å². The van der Waals surface area contributed by atoms with E-state index >= 15 is 0 Å². The summed E-state index contributed by atoms with van der Waals surface area (Å²) < 4.78 is 25.6. The lowest BCUT2D eigenvalue weighted by molar-refractivity contribution is 0.227. The molecule has 0 fully saturated rings. The van der Waals surface area contributed by atoms with Crippen LogP contribution < -0.4 is 10.5 Å². The van der Waals surface area contributed by atoms with Gasteiger partial charge in [0.1, 0.15) is 17.9 Å². The monoisotopic (exact) mass is 422 g/mol. The molecule has 1 aliphatic heterocycles. The molecule has 3 aromatic rings. The summed E-state index contributed by atoms with van der Waals surface area (Å²) >= 11 is 0. The minimum Gasteiger partial charge on any atom is -0.482 e. The summed E-state index contributed by atoms with van der Waals surface area (Å²) in [6, 6.07) is 9.82. The second-order valence-corrected chi connectivity index (χ2v) is 9.94. The molecule has 0 saturated carbocycles. The molecule has 154 valence electrons. The van der Waals surface area contributed by atoms with E-state index in [0.29, 0.717) is 22.6 Å². The van der Waals surface area contributed by atoms with Crippen LogP contribution in [0.4, 0.5) is 11.6 Å². The zero-order chi connectivity index (χ0) is 21.6. The Hall–Kier alpha value is -3.38. The van der Waals surface area contributed by atoms with E-state index in [0.717, 1.165) is 16.7 Å². The van der Waals surface area contributed by atoms with Crippen LogP contribution in [0.15, 0.2) is 34.8 Å². The number of fused-ring (bicyclic) bond motifs is 5. The molecule has 0 amide bonds. The number of nitriles is 1. The van der Waals surface area contributed by atoms with Crippen LogP contribution >= 0.6 is 0 Å². The van der Waals surface area contributed by atoms with Gasteiger partial charge in [0.25, 0.3) is 0 Å². The standard InChI is InChI=1S/C21H22N6O2S/c1-12-5-6-14-11-30(4,28)26-21-19(17(9-22)27(3)25-21)15-8-18(20(23)24-10-15)29-13(2)16(14)7-12/h5-8,10,13H,11H2,1-4H3,(H2,23,24)/t13-,30?/m1/s1. The lowest BCUT2D eigenvalue weighted by atomic mass is 10.0. The lowest BCUT2D eigenvalue weighted by Gasteiger charge is -2.21. The molecule has 1 unspecified atom stereocenters. The van der Waals surface area contributed by atoms with Crippen molar-refractivity contribution in [3.63, 3.8) is 0 Å². The topological polar surface area (TPSA) is 119 Å². The van der Waals surface area contributed by atoms with E-state index < -0.39 is 9.73 Å². The molecule has 1 aromatic carbocycles. The van der Waals surface area contributed by atoms with E-state index in [-0.39, 0.29) is 23.5 Å². The summed E-state index contributed by atoms with van der Waals surface area (Å²) in [5, 5.41) is 14.0. The van der Waals surface area contributed by atoms with Crippen molar-refractivity contribution in [2.24, 2.45) is 11.4 Å². The molecule has 4 rings (SSSR count). The van der Waals surface area contributed by atoms with Gasteiger partial charge in [-0.2, -0.15) is 14.7 Å².